The van der Waals surface area contributed by atoms with Crippen LogP contribution in [0.3, 0.4) is 0 Å². The van der Waals surface area contributed by atoms with Gasteiger partial charge in [-0.15, -0.1) is 0 Å². The minimum Gasteiger partial charge on any atom is -0.748 e. The van der Waals surface area contributed by atoms with E-state index in [2.05, 4.69) is 186 Å². The van der Waals surface area contributed by atoms with Crippen LogP contribution in [0, 0.1) is 5.92 Å². The lowest BCUT2D eigenvalue weighted by atomic mass is 9.78. The molecule has 0 amide bonds. The van der Waals surface area contributed by atoms with Gasteiger partial charge < -0.3 is 13.7 Å². The van der Waals surface area contributed by atoms with Crippen LogP contribution >= 0.6 is 0 Å². The summed E-state index contributed by atoms with van der Waals surface area (Å²) in [6, 6.07) is 55.0. The lowest BCUT2D eigenvalue weighted by Crippen LogP contribution is -2.10. The summed E-state index contributed by atoms with van der Waals surface area (Å²) in [7, 11) is -11.8. The Morgan fingerprint density at radius 1 is 0.348 bits per heavy atom. The van der Waals surface area contributed by atoms with Crippen LogP contribution in [-0.2, 0) is 30.4 Å². The van der Waals surface area contributed by atoms with Gasteiger partial charge in [-0.25, -0.2) is 25.3 Å². The molecule has 6 atom stereocenters. The molecule has 0 aromatic heterocycles. The number of benzene rings is 5. The van der Waals surface area contributed by atoms with Crippen molar-refractivity contribution in [2.75, 3.05) is 18.8 Å². The summed E-state index contributed by atoms with van der Waals surface area (Å²) in [4.78, 5) is 0. The maximum Gasteiger partial charge on any atom is 0.0916 e. The van der Waals surface area contributed by atoms with E-state index in [0.29, 0.717) is 48.4 Å². The van der Waals surface area contributed by atoms with Crippen LogP contribution in [0.1, 0.15) is 158 Å². The summed E-state index contributed by atoms with van der Waals surface area (Å²) < 4.78 is 81.7. The molecule has 0 aliphatic rings. The Bertz CT molecular complexity index is 2130. The Morgan fingerprint density at radius 2 is 0.561 bits per heavy atom. The van der Waals surface area contributed by atoms with Gasteiger partial charge in [0.25, 0.3) is 0 Å². The van der Waals surface area contributed by atoms with Crippen LogP contribution in [0.2, 0.25) is 0 Å². The van der Waals surface area contributed by atoms with Crippen molar-refractivity contribution >= 4 is 30.4 Å². The molecule has 0 N–H and O–H groups in total. The van der Waals surface area contributed by atoms with Gasteiger partial charge in [0.2, 0.25) is 0 Å². The standard InChI is InChI=1S/C26H30.C21H28.2C2H6.3CH4O3S/c1-3-22(24-15-9-5-10-16-24)20-26(25-17-11-6-12-18-25)19-21(2)23-13-7-4-8-14-23;1-4-19(21-13-9-6-10-14-21)16-17(2)15-18(3)20-11-7-5-8-12-20;2*1-2;3*1-5(2,3)4/h4-18,21-22,26H,3,19-20H2,1-2H3;5-14,17-19H,4,15-16H2,1-3H3;2*1-2H3;3*1H3,(H,2,3,4)/p-3/t21-,22?,26?;17?,18-,19?;;;;;/m01...../s1. The van der Waals surface area contributed by atoms with Crippen LogP contribution in [-0.4, -0.2) is 57.7 Å². The number of hydrogen-bond acceptors (Lipinski definition) is 9. The van der Waals surface area contributed by atoms with Gasteiger partial charge in [0.1, 0.15) is 0 Å². The van der Waals surface area contributed by atoms with E-state index in [4.69, 9.17) is 38.9 Å². The maximum atomic E-state index is 9.08. The molecule has 9 nitrogen and oxygen atoms in total. The SMILES string of the molecule is CC.CC.CCC(CC(C)C[C@@H](C)c1ccccc1)c1ccccc1.CCC(CC(C[C@H](C)c1ccccc1)c1ccccc1)c1ccccc1.CS(=O)(=O)[O-].CS(=O)(=O)[O-].CS(=O)(=O)[O-]. The van der Waals surface area contributed by atoms with Gasteiger partial charge in [0, 0.05) is 18.8 Å². The van der Waals surface area contributed by atoms with Crippen molar-refractivity contribution in [2.24, 2.45) is 5.92 Å². The second-order valence-electron chi connectivity index (χ2n) is 15.9. The smallest absolute Gasteiger partial charge is 0.0916 e. The summed E-state index contributed by atoms with van der Waals surface area (Å²) in [5.41, 5.74) is 7.37. The van der Waals surface area contributed by atoms with Gasteiger partial charge in [0.05, 0.1) is 30.4 Å². The molecule has 0 bridgehead atoms. The minimum absolute atomic E-state index is 0.565. The molecule has 0 saturated heterocycles. The Hall–Kier alpha value is -4.17. The topological polar surface area (TPSA) is 172 Å². The monoisotopic (exact) mass is 967 g/mol. The fraction of sp³-hybridized carbons (Fsp3) is 0.444. The van der Waals surface area contributed by atoms with Gasteiger partial charge in [-0.2, -0.15) is 0 Å². The van der Waals surface area contributed by atoms with Crippen LogP contribution in [0.4, 0.5) is 0 Å². The lowest BCUT2D eigenvalue weighted by molar-refractivity contribution is 0.407. The third-order valence-electron chi connectivity index (χ3n) is 10.2. The van der Waals surface area contributed by atoms with Crippen LogP contribution in [0.25, 0.3) is 0 Å². The summed E-state index contributed by atoms with van der Waals surface area (Å²) in [5.74, 6) is 3.86. The molecule has 0 aliphatic heterocycles. The first-order valence-corrected chi connectivity index (χ1v) is 28.4. The van der Waals surface area contributed by atoms with Crippen molar-refractivity contribution in [1.82, 2.24) is 0 Å². The molecular weight excluding hydrogens is 889 g/mol. The molecule has 0 heterocycles. The molecule has 4 unspecified atom stereocenters. The maximum absolute atomic E-state index is 9.08. The minimum atomic E-state index is -3.92. The molecule has 12 heteroatoms. The van der Waals surface area contributed by atoms with E-state index in [1.165, 1.54) is 66.3 Å². The van der Waals surface area contributed by atoms with Gasteiger partial charge in [0.15, 0.2) is 0 Å². The van der Waals surface area contributed by atoms with Crippen LogP contribution in [0.15, 0.2) is 152 Å². The number of rotatable bonds is 15. The van der Waals surface area contributed by atoms with E-state index in [1.54, 1.807) is 0 Å². The zero-order valence-electron chi connectivity index (χ0n) is 41.5. The summed E-state index contributed by atoms with van der Waals surface area (Å²) >= 11 is 0. The van der Waals surface area contributed by atoms with Gasteiger partial charge in [-0.1, -0.05) is 214 Å². The first-order chi connectivity index (χ1) is 31.0. The zero-order chi connectivity index (χ0) is 50.8. The van der Waals surface area contributed by atoms with E-state index in [9.17, 15) is 0 Å². The third kappa shape index (κ3) is 36.0. The van der Waals surface area contributed by atoms with E-state index in [0.717, 1.165) is 5.92 Å². The molecule has 0 fully saturated rings. The average Bonchev–Trinajstić information content (AvgIpc) is 3.28. The molecule has 370 valence electrons. The molecule has 0 aliphatic carbocycles. The highest BCUT2D eigenvalue weighted by molar-refractivity contribution is 7.85. The van der Waals surface area contributed by atoms with Crippen molar-refractivity contribution in [1.29, 1.82) is 0 Å². The quantitative estimate of drug-likeness (QED) is 0.0926. The van der Waals surface area contributed by atoms with Crippen molar-refractivity contribution in [3.8, 4) is 0 Å². The third-order valence-corrected chi connectivity index (χ3v) is 10.2. The van der Waals surface area contributed by atoms with Crippen LogP contribution in [0.5, 0.6) is 0 Å². The summed E-state index contributed by atoms with van der Waals surface area (Å²) in [5, 5.41) is 0. The Morgan fingerprint density at radius 3 is 0.818 bits per heavy atom. The van der Waals surface area contributed by atoms with Crippen LogP contribution < -0.4 is 0 Å². The highest BCUT2D eigenvalue weighted by Crippen LogP contribution is 2.38. The molecule has 0 radical (unpaired) electrons. The van der Waals surface area contributed by atoms with Gasteiger partial charge >= 0.3 is 0 Å². The zero-order valence-corrected chi connectivity index (χ0v) is 44.0. The Kier molecular flexibility index (Phi) is 34.8. The fourth-order valence-electron chi connectivity index (χ4n) is 7.41. The molecule has 66 heavy (non-hydrogen) atoms. The Balaban J connectivity index is 0. The average molecular weight is 968 g/mol. The second-order valence-corrected chi connectivity index (χ2v) is 20.1. The fourth-order valence-corrected chi connectivity index (χ4v) is 7.41. The van der Waals surface area contributed by atoms with E-state index in [1.807, 2.05) is 27.7 Å². The van der Waals surface area contributed by atoms with Gasteiger partial charge in [-0.05, 0) is 102 Å². The van der Waals surface area contributed by atoms with Crippen molar-refractivity contribution in [3.05, 3.63) is 179 Å². The van der Waals surface area contributed by atoms with Crippen molar-refractivity contribution < 1.29 is 38.9 Å². The van der Waals surface area contributed by atoms with E-state index >= 15 is 0 Å². The molecule has 5 rings (SSSR count). The molecule has 5 aromatic carbocycles. The summed E-state index contributed by atoms with van der Waals surface area (Å²) in [6.07, 6.45) is 9.19. The predicted molar refractivity (Wildman–Crippen MR) is 275 cm³/mol. The van der Waals surface area contributed by atoms with E-state index in [-0.39, 0.29) is 0 Å². The normalized spacial score (nSPS) is 13.4. The molecule has 0 spiro atoms. The van der Waals surface area contributed by atoms with E-state index < -0.39 is 30.4 Å². The van der Waals surface area contributed by atoms with Gasteiger partial charge in [-0.3, -0.25) is 0 Å². The molecular formula is C54H79O9S3-3. The highest BCUT2D eigenvalue weighted by Gasteiger charge is 2.21. The highest BCUT2D eigenvalue weighted by atomic mass is 32.2. The lowest BCUT2D eigenvalue weighted by Gasteiger charge is -2.26. The van der Waals surface area contributed by atoms with Crippen molar-refractivity contribution in [2.45, 2.75) is 130 Å². The largest absolute Gasteiger partial charge is 0.748 e. The predicted octanol–water partition coefficient (Wildman–Crippen LogP) is 13.5. The number of hydrogen-bond donors (Lipinski definition) is 0. The first kappa shape index (κ1) is 63.9. The molecule has 0 saturated carbocycles. The second kappa shape index (κ2) is 35.9. The molecule has 5 aromatic rings. The van der Waals surface area contributed by atoms with Crippen molar-refractivity contribution in [3.63, 3.8) is 0 Å². The summed E-state index contributed by atoms with van der Waals surface area (Å²) in [6.45, 7) is 19.8. The Labute approximate surface area is 401 Å². The first-order valence-electron chi connectivity index (χ1n) is 23.0.